The molecule has 1 aliphatic heterocycles. The monoisotopic (exact) mass is 278 g/mol. The van der Waals surface area contributed by atoms with Gasteiger partial charge in [-0.2, -0.15) is 0 Å². The predicted molar refractivity (Wildman–Crippen MR) is 86.5 cm³/mol. The molecule has 2 aromatic carbocycles. The van der Waals surface area contributed by atoms with Crippen LogP contribution in [0.4, 0.5) is 11.4 Å². The van der Waals surface area contributed by atoms with Crippen LogP contribution in [0.1, 0.15) is 17.2 Å². The highest BCUT2D eigenvalue weighted by Gasteiger charge is 2.32. The Hall–Kier alpha value is -2.55. The number of amides is 1. The quantitative estimate of drug-likeness (QED) is 0.869. The van der Waals surface area contributed by atoms with E-state index in [1.165, 1.54) is 5.56 Å². The molecular formula is C18H18N2O. The summed E-state index contributed by atoms with van der Waals surface area (Å²) in [5, 5.41) is 3.37. The summed E-state index contributed by atoms with van der Waals surface area (Å²) in [7, 11) is 0. The van der Waals surface area contributed by atoms with E-state index in [9.17, 15) is 4.79 Å². The standard InChI is InChI=1S/C18H18N2O/c1-3-11-20-16-10-9-13(2)12-15(16)19-17(18(20)21)14-7-5-4-6-8-14/h3-10,12,17,19H,1,11H2,2H3. The first-order chi connectivity index (χ1) is 10.2. The third-order valence-electron chi connectivity index (χ3n) is 3.70. The number of rotatable bonds is 3. The van der Waals surface area contributed by atoms with E-state index in [0.717, 1.165) is 16.9 Å². The number of fused-ring (bicyclic) bond motifs is 1. The molecule has 2 aromatic rings. The van der Waals surface area contributed by atoms with Crippen molar-refractivity contribution in [3.63, 3.8) is 0 Å². The molecular weight excluding hydrogens is 260 g/mol. The van der Waals surface area contributed by atoms with E-state index in [1.54, 1.807) is 11.0 Å². The molecule has 3 heteroatoms. The molecule has 0 aliphatic carbocycles. The molecule has 106 valence electrons. The van der Waals surface area contributed by atoms with Crippen LogP contribution < -0.4 is 10.2 Å². The smallest absolute Gasteiger partial charge is 0.254 e. The van der Waals surface area contributed by atoms with Gasteiger partial charge in [0.25, 0.3) is 5.91 Å². The highest BCUT2D eigenvalue weighted by atomic mass is 16.2. The largest absolute Gasteiger partial charge is 0.368 e. The summed E-state index contributed by atoms with van der Waals surface area (Å²) in [4.78, 5) is 14.6. The van der Waals surface area contributed by atoms with E-state index in [1.807, 2.05) is 49.4 Å². The van der Waals surface area contributed by atoms with E-state index in [0.29, 0.717) is 6.54 Å². The Bertz CT molecular complexity index is 679. The minimum absolute atomic E-state index is 0.0532. The van der Waals surface area contributed by atoms with Crippen molar-refractivity contribution in [3.05, 3.63) is 72.3 Å². The lowest BCUT2D eigenvalue weighted by Gasteiger charge is -2.35. The number of anilines is 2. The van der Waals surface area contributed by atoms with Crippen LogP contribution in [0.2, 0.25) is 0 Å². The number of carbonyl (C=O) groups excluding carboxylic acids is 1. The lowest BCUT2D eigenvalue weighted by atomic mass is 10.0. The van der Waals surface area contributed by atoms with E-state index in [-0.39, 0.29) is 11.9 Å². The normalized spacial score (nSPS) is 17.1. The van der Waals surface area contributed by atoms with Gasteiger partial charge in [-0.3, -0.25) is 4.79 Å². The van der Waals surface area contributed by atoms with Gasteiger partial charge < -0.3 is 10.2 Å². The SMILES string of the molecule is C=CCN1C(=O)C(c2ccccc2)Nc2cc(C)ccc21. The van der Waals surface area contributed by atoms with Crippen molar-refractivity contribution in [3.8, 4) is 0 Å². The van der Waals surface area contributed by atoms with Crippen molar-refractivity contribution < 1.29 is 4.79 Å². The highest BCUT2D eigenvalue weighted by Crippen LogP contribution is 2.37. The minimum Gasteiger partial charge on any atom is -0.368 e. The Morgan fingerprint density at radius 3 is 2.71 bits per heavy atom. The Balaban J connectivity index is 2.07. The maximum Gasteiger partial charge on any atom is 0.254 e. The predicted octanol–water partition coefficient (Wildman–Crippen LogP) is 3.68. The number of hydrogen-bond acceptors (Lipinski definition) is 2. The molecule has 1 atom stereocenters. The molecule has 1 aliphatic rings. The fraction of sp³-hybridized carbons (Fsp3) is 0.167. The summed E-state index contributed by atoms with van der Waals surface area (Å²) >= 11 is 0. The van der Waals surface area contributed by atoms with Crippen molar-refractivity contribution in [2.24, 2.45) is 0 Å². The molecule has 1 N–H and O–H groups in total. The molecule has 0 saturated heterocycles. The minimum atomic E-state index is -0.347. The molecule has 0 saturated carbocycles. The van der Waals surface area contributed by atoms with Crippen LogP contribution in [0.3, 0.4) is 0 Å². The van der Waals surface area contributed by atoms with E-state index in [4.69, 9.17) is 0 Å². The second kappa shape index (κ2) is 5.44. The lowest BCUT2D eigenvalue weighted by molar-refractivity contribution is -0.119. The number of carbonyl (C=O) groups is 1. The molecule has 21 heavy (non-hydrogen) atoms. The molecule has 0 spiro atoms. The van der Waals surface area contributed by atoms with Gasteiger partial charge in [0.1, 0.15) is 6.04 Å². The second-order valence-electron chi connectivity index (χ2n) is 5.25. The molecule has 3 rings (SSSR count). The van der Waals surface area contributed by atoms with Crippen LogP contribution in [-0.2, 0) is 4.79 Å². The average Bonchev–Trinajstić information content (AvgIpc) is 2.51. The van der Waals surface area contributed by atoms with Gasteiger partial charge in [0, 0.05) is 6.54 Å². The van der Waals surface area contributed by atoms with Gasteiger partial charge in [0.15, 0.2) is 0 Å². The average molecular weight is 278 g/mol. The Labute approximate surface area is 124 Å². The van der Waals surface area contributed by atoms with Crippen molar-refractivity contribution in [1.29, 1.82) is 0 Å². The third kappa shape index (κ3) is 2.42. The van der Waals surface area contributed by atoms with Gasteiger partial charge in [-0.1, -0.05) is 42.5 Å². The second-order valence-corrected chi connectivity index (χ2v) is 5.25. The summed E-state index contributed by atoms with van der Waals surface area (Å²) in [6, 6.07) is 15.5. The molecule has 0 fully saturated rings. The summed E-state index contributed by atoms with van der Waals surface area (Å²) < 4.78 is 0. The van der Waals surface area contributed by atoms with Gasteiger partial charge in [-0.05, 0) is 30.2 Å². The molecule has 1 heterocycles. The number of aryl methyl sites for hydroxylation is 1. The van der Waals surface area contributed by atoms with Crippen LogP contribution in [0, 0.1) is 6.92 Å². The van der Waals surface area contributed by atoms with E-state index in [2.05, 4.69) is 18.0 Å². The molecule has 0 bridgehead atoms. The number of nitrogens with zero attached hydrogens (tertiary/aromatic N) is 1. The summed E-state index contributed by atoms with van der Waals surface area (Å²) in [5.41, 5.74) is 4.05. The first-order valence-corrected chi connectivity index (χ1v) is 7.05. The first kappa shape index (κ1) is 13.4. The zero-order chi connectivity index (χ0) is 14.8. The van der Waals surface area contributed by atoms with Crippen molar-refractivity contribution in [2.75, 3.05) is 16.8 Å². The zero-order valence-electron chi connectivity index (χ0n) is 12.0. The number of nitrogens with one attached hydrogen (secondary N) is 1. The van der Waals surface area contributed by atoms with Crippen LogP contribution >= 0.6 is 0 Å². The summed E-state index contributed by atoms with van der Waals surface area (Å²) in [6.07, 6.45) is 1.76. The van der Waals surface area contributed by atoms with Crippen LogP contribution in [0.5, 0.6) is 0 Å². The Kier molecular flexibility index (Phi) is 3.48. The summed E-state index contributed by atoms with van der Waals surface area (Å²) in [6.45, 7) is 6.33. The third-order valence-corrected chi connectivity index (χ3v) is 3.70. The maximum atomic E-state index is 12.8. The van der Waals surface area contributed by atoms with E-state index >= 15 is 0 Å². The molecule has 1 amide bonds. The first-order valence-electron chi connectivity index (χ1n) is 7.05. The van der Waals surface area contributed by atoms with Crippen molar-refractivity contribution >= 4 is 17.3 Å². The van der Waals surface area contributed by atoms with Gasteiger partial charge in [-0.15, -0.1) is 6.58 Å². The summed E-state index contributed by atoms with van der Waals surface area (Å²) in [5.74, 6) is 0.0532. The Morgan fingerprint density at radius 2 is 2.00 bits per heavy atom. The van der Waals surface area contributed by atoms with Gasteiger partial charge >= 0.3 is 0 Å². The zero-order valence-corrected chi connectivity index (χ0v) is 12.0. The topological polar surface area (TPSA) is 32.3 Å². The fourth-order valence-corrected chi connectivity index (χ4v) is 2.68. The van der Waals surface area contributed by atoms with Gasteiger partial charge in [-0.25, -0.2) is 0 Å². The molecule has 3 nitrogen and oxygen atoms in total. The van der Waals surface area contributed by atoms with Gasteiger partial charge in [0.05, 0.1) is 11.4 Å². The van der Waals surface area contributed by atoms with E-state index < -0.39 is 0 Å². The molecule has 1 unspecified atom stereocenters. The van der Waals surface area contributed by atoms with Crippen molar-refractivity contribution in [1.82, 2.24) is 0 Å². The molecule has 0 aromatic heterocycles. The van der Waals surface area contributed by atoms with Crippen LogP contribution in [0.25, 0.3) is 0 Å². The fourth-order valence-electron chi connectivity index (χ4n) is 2.68. The number of benzene rings is 2. The van der Waals surface area contributed by atoms with Gasteiger partial charge in [0.2, 0.25) is 0 Å². The Morgan fingerprint density at radius 1 is 1.24 bits per heavy atom. The van der Waals surface area contributed by atoms with Crippen LogP contribution in [-0.4, -0.2) is 12.5 Å². The van der Waals surface area contributed by atoms with Crippen molar-refractivity contribution in [2.45, 2.75) is 13.0 Å². The number of hydrogen-bond donors (Lipinski definition) is 1. The maximum absolute atomic E-state index is 12.8. The molecule has 0 radical (unpaired) electrons. The lowest BCUT2D eigenvalue weighted by Crippen LogP contribution is -2.42. The van der Waals surface area contributed by atoms with Crippen LogP contribution in [0.15, 0.2) is 61.2 Å². The highest BCUT2D eigenvalue weighted by molar-refractivity contribution is 6.05.